The van der Waals surface area contributed by atoms with Crippen molar-refractivity contribution in [2.75, 3.05) is 0 Å². The Balaban J connectivity index is 2.46. The van der Waals surface area contributed by atoms with Gasteiger partial charge < -0.3 is 4.74 Å². The standard InChI is InChI=1S/C11H5Cl4NO/c12-7-9(8(13)11(15)16-10(7)14)17-6-4-2-1-3-5-6/h1-5H. The summed E-state index contributed by atoms with van der Waals surface area (Å²) in [6.45, 7) is 0. The highest BCUT2D eigenvalue weighted by atomic mass is 35.5. The summed E-state index contributed by atoms with van der Waals surface area (Å²) in [6, 6.07) is 9.02. The Bertz CT molecular complexity index is 519. The van der Waals surface area contributed by atoms with Crippen molar-refractivity contribution < 1.29 is 4.74 Å². The van der Waals surface area contributed by atoms with Gasteiger partial charge >= 0.3 is 0 Å². The number of rotatable bonds is 2. The zero-order chi connectivity index (χ0) is 12.4. The number of benzene rings is 1. The van der Waals surface area contributed by atoms with Crippen molar-refractivity contribution in [2.24, 2.45) is 0 Å². The molecule has 0 N–H and O–H groups in total. The van der Waals surface area contributed by atoms with Gasteiger partial charge in [-0.2, -0.15) is 0 Å². The van der Waals surface area contributed by atoms with E-state index in [-0.39, 0.29) is 26.1 Å². The quantitative estimate of drug-likeness (QED) is 0.685. The van der Waals surface area contributed by atoms with Crippen LogP contribution in [0, 0.1) is 0 Å². The van der Waals surface area contributed by atoms with Gasteiger partial charge in [0.1, 0.15) is 15.8 Å². The second kappa shape index (κ2) is 5.32. The van der Waals surface area contributed by atoms with Crippen LogP contribution < -0.4 is 4.74 Å². The second-order valence-corrected chi connectivity index (χ2v) is 4.54. The molecule has 2 rings (SSSR count). The molecule has 0 aliphatic carbocycles. The highest BCUT2D eigenvalue weighted by Gasteiger charge is 2.17. The zero-order valence-electron chi connectivity index (χ0n) is 8.25. The third-order valence-electron chi connectivity index (χ3n) is 1.92. The highest BCUT2D eigenvalue weighted by molar-refractivity contribution is 6.47. The van der Waals surface area contributed by atoms with Crippen LogP contribution in [0.15, 0.2) is 30.3 Å². The topological polar surface area (TPSA) is 22.1 Å². The number of hydrogen-bond acceptors (Lipinski definition) is 2. The van der Waals surface area contributed by atoms with Crippen LogP contribution in [0.5, 0.6) is 11.5 Å². The third-order valence-corrected chi connectivity index (χ3v) is 3.36. The van der Waals surface area contributed by atoms with Crippen LogP contribution in [-0.4, -0.2) is 4.98 Å². The van der Waals surface area contributed by atoms with Crippen molar-refractivity contribution in [3.05, 3.63) is 50.7 Å². The molecule has 2 nitrogen and oxygen atoms in total. The number of halogens is 4. The number of pyridine rings is 1. The summed E-state index contributed by atoms with van der Waals surface area (Å²) in [6.07, 6.45) is 0. The van der Waals surface area contributed by atoms with E-state index in [0.29, 0.717) is 5.75 Å². The van der Waals surface area contributed by atoms with Crippen molar-refractivity contribution in [1.29, 1.82) is 0 Å². The SMILES string of the molecule is Clc1nc(Cl)c(Cl)c(Oc2ccccc2)c1Cl. The predicted octanol–water partition coefficient (Wildman–Crippen LogP) is 5.49. The summed E-state index contributed by atoms with van der Waals surface area (Å²) in [4.78, 5) is 3.76. The maximum atomic E-state index is 5.96. The third kappa shape index (κ3) is 2.78. The first-order valence-corrected chi connectivity index (χ1v) is 6.03. The molecule has 0 aliphatic heterocycles. The monoisotopic (exact) mass is 307 g/mol. The molecule has 0 spiro atoms. The van der Waals surface area contributed by atoms with Gasteiger partial charge in [0.05, 0.1) is 0 Å². The van der Waals surface area contributed by atoms with Crippen molar-refractivity contribution in [2.45, 2.75) is 0 Å². The molecule has 0 radical (unpaired) electrons. The van der Waals surface area contributed by atoms with Gasteiger partial charge in [0, 0.05) is 0 Å². The average Bonchev–Trinajstić information content (AvgIpc) is 2.33. The number of ether oxygens (including phenoxy) is 1. The fraction of sp³-hybridized carbons (Fsp3) is 0. The molecule has 6 heteroatoms. The lowest BCUT2D eigenvalue weighted by Crippen LogP contribution is -1.90. The summed E-state index contributed by atoms with van der Waals surface area (Å²) in [5.41, 5.74) is 0. The van der Waals surface area contributed by atoms with Gasteiger partial charge in [0.25, 0.3) is 0 Å². The molecule has 1 heterocycles. The minimum Gasteiger partial charge on any atom is -0.454 e. The van der Waals surface area contributed by atoms with Crippen LogP contribution in [0.2, 0.25) is 20.4 Å². The lowest BCUT2D eigenvalue weighted by Gasteiger charge is -2.10. The molecular formula is C11H5Cl4NO. The second-order valence-electron chi connectivity index (χ2n) is 3.07. The fourth-order valence-electron chi connectivity index (χ4n) is 1.16. The summed E-state index contributed by atoms with van der Waals surface area (Å²) < 4.78 is 5.53. The zero-order valence-corrected chi connectivity index (χ0v) is 11.3. The molecule has 88 valence electrons. The lowest BCUT2D eigenvalue weighted by molar-refractivity contribution is 0.482. The first kappa shape index (κ1) is 12.8. The van der Waals surface area contributed by atoms with Crippen LogP contribution in [-0.2, 0) is 0 Å². The van der Waals surface area contributed by atoms with E-state index in [0.717, 1.165) is 0 Å². The largest absolute Gasteiger partial charge is 0.454 e. The smallest absolute Gasteiger partial charge is 0.170 e. The van der Waals surface area contributed by atoms with Gasteiger partial charge in [0.15, 0.2) is 16.1 Å². The van der Waals surface area contributed by atoms with E-state index < -0.39 is 0 Å². The minimum atomic E-state index is 0.0481. The fourth-order valence-corrected chi connectivity index (χ4v) is 1.95. The Morgan fingerprint density at radius 3 is 1.88 bits per heavy atom. The maximum Gasteiger partial charge on any atom is 0.170 e. The Hall–Kier alpha value is -0.670. The van der Waals surface area contributed by atoms with Crippen molar-refractivity contribution in [1.82, 2.24) is 4.98 Å². The molecule has 1 aromatic heterocycles. The van der Waals surface area contributed by atoms with E-state index in [9.17, 15) is 0 Å². The van der Waals surface area contributed by atoms with E-state index in [1.807, 2.05) is 18.2 Å². The van der Waals surface area contributed by atoms with E-state index in [1.165, 1.54) is 0 Å². The molecule has 0 fully saturated rings. The van der Waals surface area contributed by atoms with E-state index in [4.69, 9.17) is 51.1 Å². The maximum absolute atomic E-state index is 5.96. The molecule has 17 heavy (non-hydrogen) atoms. The first-order valence-electron chi connectivity index (χ1n) is 4.52. The van der Waals surface area contributed by atoms with Gasteiger partial charge in [-0.25, -0.2) is 4.98 Å². The van der Waals surface area contributed by atoms with Crippen LogP contribution >= 0.6 is 46.4 Å². The molecule has 0 saturated heterocycles. The molecule has 0 atom stereocenters. The van der Waals surface area contributed by atoms with Crippen LogP contribution in [0.4, 0.5) is 0 Å². The Labute approximate surface area is 118 Å². The molecule has 0 aliphatic rings. The van der Waals surface area contributed by atoms with Gasteiger partial charge in [-0.05, 0) is 12.1 Å². The summed E-state index contributed by atoms with van der Waals surface area (Å²) in [7, 11) is 0. The first-order chi connectivity index (χ1) is 8.09. The average molecular weight is 309 g/mol. The molecule has 1 aromatic carbocycles. The Morgan fingerprint density at radius 2 is 1.35 bits per heavy atom. The van der Waals surface area contributed by atoms with E-state index >= 15 is 0 Å². The lowest BCUT2D eigenvalue weighted by atomic mass is 10.3. The molecule has 2 aromatic rings. The number of hydrogen-bond donors (Lipinski definition) is 0. The number of para-hydroxylation sites is 1. The molecular weight excluding hydrogens is 304 g/mol. The van der Waals surface area contributed by atoms with Crippen molar-refractivity contribution >= 4 is 46.4 Å². The van der Waals surface area contributed by atoms with Crippen molar-refractivity contribution in [3.8, 4) is 11.5 Å². The van der Waals surface area contributed by atoms with Gasteiger partial charge in [-0.15, -0.1) is 0 Å². The molecule has 0 amide bonds. The van der Waals surface area contributed by atoms with Crippen LogP contribution in [0.1, 0.15) is 0 Å². The molecule has 0 saturated carbocycles. The van der Waals surface area contributed by atoms with Crippen molar-refractivity contribution in [3.63, 3.8) is 0 Å². The summed E-state index contributed by atoms with van der Waals surface area (Å²) in [5.74, 6) is 0.777. The van der Waals surface area contributed by atoms with Crippen LogP contribution in [0.3, 0.4) is 0 Å². The Kier molecular flexibility index (Phi) is 4.00. The van der Waals surface area contributed by atoms with Crippen LogP contribution in [0.25, 0.3) is 0 Å². The Morgan fingerprint density at radius 1 is 0.824 bits per heavy atom. The van der Waals surface area contributed by atoms with Gasteiger partial charge in [-0.3, -0.25) is 0 Å². The van der Waals surface area contributed by atoms with Gasteiger partial charge in [0.2, 0.25) is 0 Å². The highest BCUT2D eigenvalue weighted by Crippen LogP contribution is 2.42. The summed E-state index contributed by atoms with van der Waals surface area (Å²) in [5, 5.41) is 0.355. The predicted molar refractivity (Wildman–Crippen MR) is 70.8 cm³/mol. The molecule has 0 unspecified atom stereocenters. The number of nitrogens with zero attached hydrogens (tertiary/aromatic N) is 1. The molecule has 0 bridgehead atoms. The van der Waals surface area contributed by atoms with E-state index in [1.54, 1.807) is 12.1 Å². The van der Waals surface area contributed by atoms with E-state index in [2.05, 4.69) is 4.98 Å². The summed E-state index contributed by atoms with van der Waals surface area (Å²) >= 11 is 23.5. The number of aromatic nitrogens is 1. The van der Waals surface area contributed by atoms with Gasteiger partial charge in [-0.1, -0.05) is 64.6 Å². The normalized spacial score (nSPS) is 10.4. The minimum absolute atomic E-state index is 0.0481.